The van der Waals surface area contributed by atoms with Gasteiger partial charge in [0.15, 0.2) is 17.5 Å². The summed E-state index contributed by atoms with van der Waals surface area (Å²) in [6.07, 6.45) is 2.86. The van der Waals surface area contributed by atoms with E-state index < -0.39 is 23.6 Å². The molecule has 2 heterocycles. The van der Waals surface area contributed by atoms with Crippen molar-refractivity contribution >= 4 is 22.7 Å². The minimum absolute atomic E-state index is 0.000338. The molecule has 1 unspecified atom stereocenters. The number of methoxy groups -OCH3 is 1. The first-order valence-electron chi connectivity index (χ1n) is 12.4. The summed E-state index contributed by atoms with van der Waals surface area (Å²) in [6, 6.07) is 7.48. The summed E-state index contributed by atoms with van der Waals surface area (Å²) < 4.78 is 61.0. The van der Waals surface area contributed by atoms with Crippen molar-refractivity contribution in [3.05, 3.63) is 65.1 Å². The molecular weight excluding hydrogens is 504 g/mol. The first kappa shape index (κ1) is 27.7. The fraction of sp³-hybridized carbons (Fsp3) is 0.464. The van der Waals surface area contributed by atoms with Crippen LogP contribution < -0.4 is 4.74 Å². The topological polar surface area (TPSA) is 45.6 Å². The zero-order valence-corrected chi connectivity index (χ0v) is 21.9. The van der Waals surface area contributed by atoms with Crippen molar-refractivity contribution in [1.82, 2.24) is 9.88 Å². The number of aliphatic hydroxyl groups excluding tert-OH is 1. The second-order valence-corrected chi connectivity index (χ2v) is 11.0. The molecule has 1 aliphatic rings. The van der Waals surface area contributed by atoms with Crippen molar-refractivity contribution in [1.29, 1.82) is 0 Å². The van der Waals surface area contributed by atoms with E-state index in [2.05, 4.69) is 9.88 Å². The third-order valence-electron chi connectivity index (χ3n) is 7.44. The van der Waals surface area contributed by atoms with E-state index in [1.54, 1.807) is 13.3 Å². The SMILES string of the molecule is COc1ccc2ncc(C)c(C(F)CCC3(CO)CCN(CCSc4cc(F)c(F)c(F)c4)CC3)c2c1. The number of ether oxygens (including phenoxy) is 1. The van der Waals surface area contributed by atoms with Gasteiger partial charge in [-0.3, -0.25) is 4.98 Å². The first-order chi connectivity index (χ1) is 17.7. The highest BCUT2D eigenvalue weighted by Gasteiger charge is 2.35. The first-order valence-corrected chi connectivity index (χ1v) is 13.4. The van der Waals surface area contributed by atoms with E-state index >= 15 is 4.39 Å². The molecule has 0 bridgehead atoms. The highest BCUT2D eigenvalue weighted by Crippen LogP contribution is 2.41. The summed E-state index contributed by atoms with van der Waals surface area (Å²) in [7, 11) is 1.58. The van der Waals surface area contributed by atoms with Crippen LogP contribution in [0.3, 0.4) is 0 Å². The number of aryl methyl sites for hydroxylation is 1. The number of rotatable bonds is 10. The van der Waals surface area contributed by atoms with Gasteiger partial charge in [-0.25, -0.2) is 17.6 Å². The van der Waals surface area contributed by atoms with E-state index in [4.69, 9.17) is 4.74 Å². The molecule has 1 aliphatic heterocycles. The number of thioether (sulfide) groups is 1. The molecule has 2 aromatic carbocycles. The summed E-state index contributed by atoms with van der Waals surface area (Å²) in [5.74, 6) is -2.58. The Bertz CT molecular complexity index is 1210. The van der Waals surface area contributed by atoms with Crippen LogP contribution in [-0.4, -0.2) is 54.1 Å². The average Bonchev–Trinajstić information content (AvgIpc) is 2.90. The molecular formula is C28H32F4N2O2S. The number of likely N-dealkylation sites (tertiary alicyclic amines) is 1. The largest absolute Gasteiger partial charge is 0.497 e. The highest BCUT2D eigenvalue weighted by molar-refractivity contribution is 7.99. The zero-order chi connectivity index (χ0) is 26.6. The van der Waals surface area contributed by atoms with Gasteiger partial charge in [-0.2, -0.15) is 0 Å². The van der Waals surface area contributed by atoms with Crippen LogP contribution in [0, 0.1) is 29.8 Å². The molecule has 0 aliphatic carbocycles. The Morgan fingerprint density at radius 3 is 2.49 bits per heavy atom. The Hall–Kier alpha value is -2.36. The maximum atomic E-state index is 15.7. The van der Waals surface area contributed by atoms with Crippen LogP contribution in [0.25, 0.3) is 10.9 Å². The average molecular weight is 537 g/mol. The molecule has 9 heteroatoms. The quantitative estimate of drug-likeness (QED) is 0.179. The third kappa shape index (κ3) is 6.38. The fourth-order valence-corrected chi connectivity index (χ4v) is 6.02. The number of hydrogen-bond donors (Lipinski definition) is 1. The smallest absolute Gasteiger partial charge is 0.194 e. The highest BCUT2D eigenvalue weighted by atomic mass is 32.2. The Kier molecular flexibility index (Phi) is 8.98. The number of alkyl halides is 1. The van der Waals surface area contributed by atoms with Gasteiger partial charge in [-0.15, -0.1) is 11.8 Å². The molecule has 37 heavy (non-hydrogen) atoms. The second-order valence-electron chi connectivity index (χ2n) is 9.79. The minimum Gasteiger partial charge on any atom is -0.497 e. The van der Waals surface area contributed by atoms with Gasteiger partial charge in [0.2, 0.25) is 0 Å². The normalized spacial score (nSPS) is 16.7. The summed E-state index contributed by atoms with van der Waals surface area (Å²) in [6.45, 7) is 4.06. The van der Waals surface area contributed by atoms with Crippen molar-refractivity contribution in [2.24, 2.45) is 5.41 Å². The number of piperidine rings is 1. The lowest BCUT2D eigenvalue weighted by atomic mass is 9.74. The number of pyridine rings is 1. The van der Waals surface area contributed by atoms with E-state index in [0.29, 0.717) is 41.3 Å². The van der Waals surface area contributed by atoms with E-state index in [1.807, 2.05) is 25.1 Å². The molecule has 1 aromatic heterocycles. The number of aliphatic hydroxyl groups is 1. The van der Waals surface area contributed by atoms with Crippen molar-refractivity contribution in [3.8, 4) is 5.75 Å². The van der Waals surface area contributed by atoms with Crippen molar-refractivity contribution < 1.29 is 27.4 Å². The number of aromatic nitrogens is 1. The maximum Gasteiger partial charge on any atom is 0.194 e. The molecule has 1 N–H and O–H groups in total. The summed E-state index contributed by atoms with van der Waals surface area (Å²) in [4.78, 5) is 7.00. The fourth-order valence-electron chi connectivity index (χ4n) is 5.06. The minimum atomic E-state index is -1.46. The Morgan fingerprint density at radius 1 is 1.14 bits per heavy atom. The molecule has 0 saturated carbocycles. The van der Waals surface area contributed by atoms with Crippen LogP contribution in [-0.2, 0) is 0 Å². The van der Waals surface area contributed by atoms with Gasteiger partial charge in [-0.05, 0) is 92.6 Å². The standard InChI is InChI=1S/C28H32F4N2O2S/c1-18-16-33-25-4-3-19(36-2)13-21(25)26(18)22(29)5-6-28(17-35)7-9-34(10-8-28)11-12-37-20-14-23(30)27(32)24(31)15-20/h3-4,13-16,22,35H,5-12,17H2,1-2H3. The van der Waals surface area contributed by atoms with Crippen LogP contribution >= 0.6 is 11.8 Å². The molecule has 0 amide bonds. The van der Waals surface area contributed by atoms with Crippen LogP contribution in [0.2, 0.25) is 0 Å². The molecule has 1 saturated heterocycles. The second kappa shape index (κ2) is 12.0. The lowest BCUT2D eigenvalue weighted by Gasteiger charge is -2.41. The lowest BCUT2D eigenvalue weighted by molar-refractivity contribution is 0.0323. The van der Waals surface area contributed by atoms with Gasteiger partial charge in [0.1, 0.15) is 11.9 Å². The van der Waals surface area contributed by atoms with E-state index in [-0.39, 0.29) is 12.0 Å². The van der Waals surface area contributed by atoms with Gasteiger partial charge in [0, 0.05) is 35.4 Å². The van der Waals surface area contributed by atoms with Crippen molar-refractivity contribution in [3.63, 3.8) is 0 Å². The van der Waals surface area contributed by atoms with Crippen LogP contribution in [0.1, 0.15) is 43.0 Å². The summed E-state index contributed by atoms with van der Waals surface area (Å²) >= 11 is 1.27. The van der Waals surface area contributed by atoms with Gasteiger partial charge >= 0.3 is 0 Å². The molecule has 0 radical (unpaired) electrons. The molecule has 1 fully saturated rings. The molecule has 1 atom stereocenters. The number of benzene rings is 2. The van der Waals surface area contributed by atoms with E-state index in [9.17, 15) is 18.3 Å². The zero-order valence-electron chi connectivity index (χ0n) is 21.1. The van der Waals surface area contributed by atoms with Gasteiger partial charge < -0.3 is 14.7 Å². The number of hydrogen-bond acceptors (Lipinski definition) is 5. The monoisotopic (exact) mass is 536 g/mol. The molecule has 4 rings (SSSR count). The van der Waals surface area contributed by atoms with Crippen molar-refractivity contribution in [2.75, 3.05) is 39.1 Å². The van der Waals surface area contributed by atoms with Gasteiger partial charge in [0.25, 0.3) is 0 Å². The number of fused-ring (bicyclic) bond motifs is 1. The van der Waals surface area contributed by atoms with E-state index in [1.165, 1.54) is 11.8 Å². The van der Waals surface area contributed by atoms with Crippen LogP contribution in [0.15, 0.2) is 41.4 Å². The maximum absolute atomic E-state index is 15.7. The summed E-state index contributed by atoms with van der Waals surface area (Å²) in [5, 5.41) is 11.0. The van der Waals surface area contributed by atoms with Gasteiger partial charge in [0.05, 0.1) is 12.6 Å². The number of halogens is 4. The number of nitrogens with zero attached hydrogens (tertiary/aromatic N) is 2. The van der Waals surface area contributed by atoms with Crippen LogP contribution in [0.5, 0.6) is 5.75 Å². The predicted octanol–water partition coefficient (Wildman–Crippen LogP) is 6.63. The van der Waals surface area contributed by atoms with Crippen molar-refractivity contribution in [2.45, 2.75) is 43.7 Å². The summed E-state index contributed by atoms with van der Waals surface area (Å²) in [5.41, 5.74) is 1.80. The molecule has 3 aromatic rings. The van der Waals surface area contributed by atoms with Gasteiger partial charge in [-0.1, -0.05) is 0 Å². The predicted molar refractivity (Wildman–Crippen MR) is 138 cm³/mol. The third-order valence-corrected chi connectivity index (χ3v) is 8.40. The molecule has 4 nitrogen and oxygen atoms in total. The Labute approximate surface area is 219 Å². The Morgan fingerprint density at radius 2 is 1.84 bits per heavy atom. The molecule has 0 spiro atoms. The lowest BCUT2D eigenvalue weighted by Crippen LogP contribution is -2.42. The van der Waals surface area contributed by atoms with E-state index in [0.717, 1.165) is 54.5 Å². The van der Waals surface area contributed by atoms with Crippen LogP contribution in [0.4, 0.5) is 17.6 Å². The molecule has 200 valence electrons. The Balaban J connectivity index is 1.32.